The summed E-state index contributed by atoms with van der Waals surface area (Å²) in [6.07, 6.45) is 2.58. The second kappa shape index (κ2) is 8.69. The topological polar surface area (TPSA) is 113 Å². The highest BCUT2D eigenvalue weighted by Crippen LogP contribution is 2.30. The fraction of sp³-hybridized carbons (Fsp3) is 0.400. The van der Waals surface area contributed by atoms with E-state index in [1.807, 2.05) is 0 Å². The van der Waals surface area contributed by atoms with Crippen molar-refractivity contribution in [3.8, 4) is 0 Å². The molecule has 148 valence electrons. The van der Waals surface area contributed by atoms with E-state index in [0.717, 1.165) is 0 Å². The Morgan fingerprint density at radius 2 is 1.50 bits per heavy atom. The lowest BCUT2D eigenvalue weighted by molar-refractivity contribution is -0.125. The Balaban J connectivity index is 1.49. The predicted octanol–water partition coefficient (Wildman–Crippen LogP) is 3.33. The zero-order chi connectivity index (χ0) is 20.1. The summed E-state index contributed by atoms with van der Waals surface area (Å²) in [5.74, 6) is 0.466. The second-order valence-electron chi connectivity index (χ2n) is 7.11. The number of carbonyl (C=O) groups excluding carboxylic acids is 3. The number of anilines is 3. The highest BCUT2D eigenvalue weighted by molar-refractivity contribution is 5.95. The molecule has 3 rings (SSSR count). The van der Waals surface area contributed by atoms with E-state index in [4.69, 9.17) is 4.52 Å². The molecule has 0 aliphatic heterocycles. The van der Waals surface area contributed by atoms with Crippen LogP contribution >= 0.6 is 0 Å². The summed E-state index contributed by atoms with van der Waals surface area (Å²) in [5.41, 5.74) is 1.27. The Kier molecular flexibility index (Phi) is 6.08. The average Bonchev–Trinajstić information content (AvgIpc) is 3.06. The summed E-state index contributed by atoms with van der Waals surface area (Å²) < 4.78 is 4.95. The van der Waals surface area contributed by atoms with E-state index in [1.165, 1.54) is 6.92 Å². The molecular weight excluding hydrogens is 360 g/mol. The second-order valence-corrected chi connectivity index (χ2v) is 7.11. The minimum Gasteiger partial charge on any atom is -0.360 e. The van der Waals surface area contributed by atoms with Gasteiger partial charge in [-0.25, -0.2) is 0 Å². The Morgan fingerprint density at radius 3 is 2.04 bits per heavy atom. The van der Waals surface area contributed by atoms with Crippen LogP contribution in [0, 0.1) is 18.8 Å². The quantitative estimate of drug-likeness (QED) is 0.732. The van der Waals surface area contributed by atoms with E-state index in [2.05, 4.69) is 21.1 Å². The number of nitrogens with one attached hydrogen (secondary N) is 3. The van der Waals surface area contributed by atoms with Crippen LogP contribution in [0.3, 0.4) is 0 Å². The van der Waals surface area contributed by atoms with Gasteiger partial charge in [0.15, 0.2) is 5.82 Å². The number of hydrogen-bond donors (Lipinski definition) is 3. The molecule has 1 aromatic heterocycles. The summed E-state index contributed by atoms with van der Waals surface area (Å²) in [6, 6.07) is 8.71. The van der Waals surface area contributed by atoms with Crippen molar-refractivity contribution in [2.45, 2.75) is 39.5 Å². The maximum Gasteiger partial charge on any atom is 0.228 e. The lowest BCUT2D eigenvalue weighted by Gasteiger charge is -2.26. The van der Waals surface area contributed by atoms with Crippen LogP contribution in [0.25, 0.3) is 0 Å². The molecule has 3 amide bonds. The minimum absolute atomic E-state index is 0.0639. The molecule has 0 spiro atoms. The minimum atomic E-state index is -0.166. The molecule has 0 radical (unpaired) electrons. The maximum atomic E-state index is 12.5. The number of nitrogens with zero attached hydrogens (tertiary/aromatic N) is 1. The van der Waals surface area contributed by atoms with Crippen molar-refractivity contribution in [3.05, 3.63) is 36.1 Å². The van der Waals surface area contributed by atoms with Gasteiger partial charge in [0.05, 0.1) is 0 Å². The van der Waals surface area contributed by atoms with E-state index in [9.17, 15) is 14.4 Å². The molecule has 8 nitrogen and oxygen atoms in total. The summed E-state index contributed by atoms with van der Waals surface area (Å²) in [6.45, 7) is 3.20. The molecule has 1 saturated carbocycles. The summed E-state index contributed by atoms with van der Waals surface area (Å²) in [4.78, 5) is 36.0. The van der Waals surface area contributed by atoms with Crippen LogP contribution in [0.5, 0.6) is 0 Å². The number of amides is 3. The molecular formula is C20H24N4O4. The molecule has 0 atom stereocenters. The predicted molar refractivity (Wildman–Crippen MR) is 105 cm³/mol. The molecule has 0 bridgehead atoms. The zero-order valence-electron chi connectivity index (χ0n) is 16.0. The van der Waals surface area contributed by atoms with Crippen molar-refractivity contribution in [3.63, 3.8) is 0 Å². The van der Waals surface area contributed by atoms with Gasteiger partial charge in [0.1, 0.15) is 5.76 Å². The first-order chi connectivity index (χ1) is 13.4. The molecule has 1 fully saturated rings. The third-order valence-electron chi connectivity index (χ3n) is 4.80. The van der Waals surface area contributed by atoms with Crippen LogP contribution < -0.4 is 16.0 Å². The highest BCUT2D eigenvalue weighted by Gasteiger charge is 2.30. The van der Waals surface area contributed by atoms with Gasteiger partial charge in [0.25, 0.3) is 0 Å². The molecule has 1 heterocycles. The molecule has 28 heavy (non-hydrogen) atoms. The fourth-order valence-electron chi connectivity index (χ4n) is 3.39. The lowest BCUT2D eigenvalue weighted by Crippen LogP contribution is -2.32. The van der Waals surface area contributed by atoms with Gasteiger partial charge in [-0.1, -0.05) is 11.2 Å². The van der Waals surface area contributed by atoms with Crippen molar-refractivity contribution in [2.24, 2.45) is 11.8 Å². The molecule has 0 unspecified atom stereocenters. The first-order valence-electron chi connectivity index (χ1n) is 9.33. The first kappa shape index (κ1) is 19.6. The van der Waals surface area contributed by atoms with Gasteiger partial charge in [0.2, 0.25) is 17.7 Å². The van der Waals surface area contributed by atoms with Crippen molar-refractivity contribution < 1.29 is 18.9 Å². The van der Waals surface area contributed by atoms with Crippen LogP contribution in [0.2, 0.25) is 0 Å². The third-order valence-corrected chi connectivity index (χ3v) is 4.80. The van der Waals surface area contributed by atoms with E-state index >= 15 is 0 Å². The van der Waals surface area contributed by atoms with Crippen LogP contribution in [0.15, 0.2) is 34.9 Å². The van der Waals surface area contributed by atoms with E-state index in [-0.39, 0.29) is 29.6 Å². The molecule has 3 N–H and O–H groups in total. The van der Waals surface area contributed by atoms with E-state index in [0.29, 0.717) is 48.6 Å². The highest BCUT2D eigenvalue weighted by atomic mass is 16.5. The summed E-state index contributed by atoms with van der Waals surface area (Å²) >= 11 is 0. The van der Waals surface area contributed by atoms with Gasteiger partial charge in [-0.15, -0.1) is 0 Å². The van der Waals surface area contributed by atoms with Crippen LogP contribution in [-0.2, 0) is 14.4 Å². The van der Waals surface area contributed by atoms with Crippen molar-refractivity contribution in [2.75, 3.05) is 16.0 Å². The number of benzene rings is 1. The van der Waals surface area contributed by atoms with Gasteiger partial charge in [0, 0.05) is 36.2 Å². The number of rotatable bonds is 5. The molecule has 2 aromatic rings. The fourth-order valence-corrected chi connectivity index (χ4v) is 3.39. The lowest BCUT2D eigenvalue weighted by atomic mass is 9.81. The molecule has 1 aliphatic rings. The van der Waals surface area contributed by atoms with E-state index < -0.39 is 0 Å². The van der Waals surface area contributed by atoms with Crippen molar-refractivity contribution in [1.82, 2.24) is 5.16 Å². The van der Waals surface area contributed by atoms with Gasteiger partial charge in [-0.05, 0) is 50.8 Å². The first-order valence-corrected chi connectivity index (χ1v) is 9.33. The SMILES string of the molecule is CC(=O)Nc1cccc(NC(=O)C2CCC(C(=O)Nc3cc(C)on3)CC2)c1. The number of aromatic nitrogens is 1. The standard InChI is InChI=1S/C20H24N4O4/c1-12-10-18(24-28-12)23-20(27)15-8-6-14(7-9-15)19(26)22-17-5-3-4-16(11-17)21-13(2)25/h3-5,10-11,14-15H,6-9H2,1-2H3,(H,21,25)(H,22,26)(H,23,24,27). The Bertz CT molecular complexity index is 869. The molecule has 1 aromatic carbocycles. The number of carbonyl (C=O) groups is 3. The van der Waals surface area contributed by atoms with Gasteiger partial charge >= 0.3 is 0 Å². The number of hydrogen-bond acceptors (Lipinski definition) is 5. The molecule has 1 aliphatic carbocycles. The van der Waals surface area contributed by atoms with E-state index in [1.54, 1.807) is 37.3 Å². The summed E-state index contributed by atoms with van der Waals surface area (Å²) in [5, 5.41) is 12.1. The maximum absolute atomic E-state index is 12.5. The van der Waals surface area contributed by atoms with Gasteiger partial charge < -0.3 is 20.5 Å². The monoisotopic (exact) mass is 384 g/mol. The van der Waals surface area contributed by atoms with Crippen LogP contribution in [-0.4, -0.2) is 22.9 Å². The van der Waals surface area contributed by atoms with Gasteiger partial charge in [-0.2, -0.15) is 0 Å². The molecule has 8 heteroatoms. The third kappa shape index (κ3) is 5.18. The van der Waals surface area contributed by atoms with Crippen molar-refractivity contribution >= 4 is 34.9 Å². The zero-order valence-corrected chi connectivity index (χ0v) is 16.0. The average molecular weight is 384 g/mol. The van der Waals surface area contributed by atoms with Crippen LogP contribution in [0.1, 0.15) is 38.4 Å². The van der Waals surface area contributed by atoms with Crippen LogP contribution in [0.4, 0.5) is 17.2 Å². The van der Waals surface area contributed by atoms with Crippen molar-refractivity contribution in [1.29, 1.82) is 0 Å². The Hall–Kier alpha value is -3.16. The Labute approximate surface area is 163 Å². The smallest absolute Gasteiger partial charge is 0.228 e. The summed E-state index contributed by atoms with van der Waals surface area (Å²) in [7, 11) is 0. The molecule has 0 saturated heterocycles. The normalized spacial score (nSPS) is 18.9. The van der Waals surface area contributed by atoms with Gasteiger partial charge in [-0.3, -0.25) is 14.4 Å². The largest absolute Gasteiger partial charge is 0.360 e. The number of aryl methyl sites for hydroxylation is 1. The Morgan fingerprint density at radius 1 is 0.929 bits per heavy atom.